The summed E-state index contributed by atoms with van der Waals surface area (Å²) in [4.78, 5) is 23.8. The molecule has 110 valence electrons. The second-order valence-corrected chi connectivity index (χ2v) is 5.91. The van der Waals surface area contributed by atoms with Gasteiger partial charge in [-0.3, -0.25) is 9.69 Å². The molecule has 5 nitrogen and oxygen atoms in total. The van der Waals surface area contributed by atoms with Crippen molar-refractivity contribution in [2.24, 2.45) is 0 Å². The van der Waals surface area contributed by atoms with Gasteiger partial charge in [0.2, 0.25) is 0 Å². The van der Waals surface area contributed by atoms with Crippen LogP contribution in [0.25, 0.3) is 0 Å². The zero-order chi connectivity index (χ0) is 13.8. The Hall–Kier alpha value is -1.36. The summed E-state index contributed by atoms with van der Waals surface area (Å²) < 4.78 is 0. The van der Waals surface area contributed by atoms with E-state index >= 15 is 0 Å². The Morgan fingerprint density at radius 1 is 1.10 bits per heavy atom. The van der Waals surface area contributed by atoms with E-state index in [2.05, 4.69) is 14.9 Å². The predicted molar refractivity (Wildman–Crippen MR) is 77.6 cm³/mol. The van der Waals surface area contributed by atoms with Gasteiger partial charge < -0.3 is 9.88 Å². The molecule has 3 rings (SSSR count). The van der Waals surface area contributed by atoms with E-state index in [1.54, 1.807) is 12.4 Å². The Bertz CT molecular complexity index is 425. The van der Waals surface area contributed by atoms with Crippen molar-refractivity contribution in [3.63, 3.8) is 0 Å². The third-order valence-corrected chi connectivity index (χ3v) is 4.61. The topological polar surface area (TPSA) is 52.2 Å². The summed E-state index contributed by atoms with van der Waals surface area (Å²) in [6.45, 7) is 3.82. The molecule has 1 aliphatic carbocycles. The van der Waals surface area contributed by atoms with Crippen molar-refractivity contribution >= 4 is 5.91 Å². The fourth-order valence-electron chi connectivity index (χ4n) is 3.48. The molecule has 0 radical (unpaired) electrons. The zero-order valence-electron chi connectivity index (χ0n) is 12.1. The number of hydrogen-bond acceptors (Lipinski definition) is 3. The molecule has 2 fully saturated rings. The Morgan fingerprint density at radius 3 is 2.70 bits per heavy atom. The lowest BCUT2D eigenvalue weighted by atomic mass is 9.94. The first-order valence-corrected chi connectivity index (χ1v) is 7.87. The van der Waals surface area contributed by atoms with E-state index in [-0.39, 0.29) is 5.91 Å². The fourth-order valence-corrected chi connectivity index (χ4v) is 3.48. The maximum Gasteiger partial charge on any atom is 0.289 e. The van der Waals surface area contributed by atoms with Crippen LogP contribution in [0.4, 0.5) is 0 Å². The molecule has 1 saturated heterocycles. The van der Waals surface area contributed by atoms with Crippen molar-refractivity contribution in [1.82, 2.24) is 19.8 Å². The first kappa shape index (κ1) is 13.6. The molecule has 20 heavy (non-hydrogen) atoms. The molecule has 0 spiro atoms. The standard InChI is InChI=1S/C15H24N4O/c20-15(14-16-7-8-17-14)19-10-4-9-18(11-12-19)13-5-2-1-3-6-13/h7-8,13H,1-6,9-12H2,(H,16,17). The molecule has 5 heteroatoms. The van der Waals surface area contributed by atoms with Crippen LogP contribution in [0.3, 0.4) is 0 Å². The quantitative estimate of drug-likeness (QED) is 0.897. The molecule has 1 aromatic rings. The average Bonchev–Trinajstić information content (AvgIpc) is 2.92. The molecule has 0 bridgehead atoms. The Balaban J connectivity index is 1.57. The number of amides is 1. The van der Waals surface area contributed by atoms with Crippen molar-refractivity contribution in [2.45, 2.75) is 44.6 Å². The van der Waals surface area contributed by atoms with Crippen LogP contribution in [-0.4, -0.2) is 57.9 Å². The van der Waals surface area contributed by atoms with E-state index < -0.39 is 0 Å². The molecule has 0 unspecified atom stereocenters. The molecule has 1 aliphatic heterocycles. The lowest BCUT2D eigenvalue weighted by Gasteiger charge is -2.33. The predicted octanol–water partition coefficient (Wildman–Crippen LogP) is 1.89. The highest BCUT2D eigenvalue weighted by atomic mass is 16.2. The van der Waals surface area contributed by atoms with Crippen molar-refractivity contribution in [2.75, 3.05) is 26.2 Å². The highest BCUT2D eigenvalue weighted by molar-refractivity contribution is 5.90. The van der Waals surface area contributed by atoms with E-state index in [0.717, 1.165) is 38.6 Å². The van der Waals surface area contributed by atoms with Crippen LogP contribution >= 0.6 is 0 Å². The molecule has 1 amide bonds. The summed E-state index contributed by atoms with van der Waals surface area (Å²) in [7, 11) is 0. The van der Waals surface area contributed by atoms with Crippen molar-refractivity contribution in [3.8, 4) is 0 Å². The Labute approximate surface area is 120 Å². The summed E-state index contributed by atoms with van der Waals surface area (Å²) >= 11 is 0. The summed E-state index contributed by atoms with van der Waals surface area (Å²) in [6.07, 6.45) is 11.2. The molecule has 2 aliphatic rings. The van der Waals surface area contributed by atoms with Gasteiger partial charge in [-0.25, -0.2) is 4.98 Å². The number of carbonyl (C=O) groups is 1. The van der Waals surface area contributed by atoms with Gasteiger partial charge in [0.25, 0.3) is 5.91 Å². The van der Waals surface area contributed by atoms with Gasteiger partial charge in [0.15, 0.2) is 5.82 Å². The molecular formula is C15H24N4O. The zero-order valence-corrected chi connectivity index (χ0v) is 12.1. The van der Waals surface area contributed by atoms with Crippen molar-refractivity contribution < 1.29 is 4.79 Å². The van der Waals surface area contributed by atoms with Crippen LogP contribution in [0.2, 0.25) is 0 Å². The van der Waals surface area contributed by atoms with Gasteiger partial charge in [0.05, 0.1) is 0 Å². The van der Waals surface area contributed by atoms with E-state index in [4.69, 9.17) is 0 Å². The smallest absolute Gasteiger partial charge is 0.289 e. The van der Waals surface area contributed by atoms with Gasteiger partial charge in [-0.2, -0.15) is 0 Å². The molecule has 1 aromatic heterocycles. The van der Waals surface area contributed by atoms with E-state index in [0.29, 0.717) is 5.82 Å². The monoisotopic (exact) mass is 276 g/mol. The minimum absolute atomic E-state index is 0.0421. The minimum atomic E-state index is 0.0421. The molecule has 1 saturated carbocycles. The molecule has 0 atom stereocenters. The van der Waals surface area contributed by atoms with Crippen LogP contribution in [-0.2, 0) is 0 Å². The van der Waals surface area contributed by atoms with Crippen molar-refractivity contribution in [3.05, 3.63) is 18.2 Å². The SMILES string of the molecule is O=C(c1ncc[nH]1)N1CCCN(C2CCCCC2)CC1. The average molecular weight is 276 g/mol. The van der Waals surface area contributed by atoms with Crippen LogP contribution in [0.1, 0.15) is 49.1 Å². The van der Waals surface area contributed by atoms with E-state index in [1.807, 2.05) is 4.90 Å². The summed E-state index contributed by atoms with van der Waals surface area (Å²) in [5.41, 5.74) is 0. The van der Waals surface area contributed by atoms with Gasteiger partial charge in [-0.1, -0.05) is 19.3 Å². The van der Waals surface area contributed by atoms with Gasteiger partial charge >= 0.3 is 0 Å². The lowest BCUT2D eigenvalue weighted by Crippen LogP contribution is -2.40. The highest BCUT2D eigenvalue weighted by Crippen LogP contribution is 2.23. The number of nitrogens with zero attached hydrogens (tertiary/aromatic N) is 3. The highest BCUT2D eigenvalue weighted by Gasteiger charge is 2.26. The molecular weight excluding hydrogens is 252 g/mol. The first-order chi connectivity index (χ1) is 9.84. The maximum absolute atomic E-state index is 12.3. The molecule has 2 heterocycles. The fraction of sp³-hybridized carbons (Fsp3) is 0.733. The normalized spacial score (nSPS) is 22.7. The number of aromatic nitrogens is 2. The number of imidazole rings is 1. The van der Waals surface area contributed by atoms with Gasteiger partial charge in [0, 0.05) is 44.6 Å². The summed E-state index contributed by atoms with van der Waals surface area (Å²) in [5.74, 6) is 0.511. The van der Waals surface area contributed by atoms with E-state index in [1.165, 1.54) is 32.1 Å². The lowest BCUT2D eigenvalue weighted by molar-refractivity contribution is 0.0744. The Morgan fingerprint density at radius 2 is 1.95 bits per heavy atom. The number of H-pyrrole nitrogens is 1. The number of hydrogen-bond donors (Lipinski definition) is 1. The van der Waals surface area contributed by atoms with Crippen LogP contribution in [0.5, 0.6) is 0 Å². The summed E-state index contributed by atoms with van der Waals surface area (Å²) in [6, 6.07) is 0.752. The number of rotatable bonds is 2. The van der Waals surface area contributed by atoms with E-state index in [9.17, 15) is 4.79 Å². The van der Waals surface area contributed by atoms with Crippen LogP contribution < -0.4 is 0 Å². The molecule has 0 aromatic carbocycles. The van der Waals surface area contributed by atoms with Gasteiger partial charge in [-0.15, -0.1) is 0 Å². The Kier molecular flexibility index (Phi) is 4.35. The number of carbonyl (C=O) groups excluding carboxylic acids is 1. The maximum atomic E-state index is 12.3. The second kappa shape index (κ2) is 6.39. The summed E-state index contributed by atoms with van der Waals surface area (Å²) in [5, 5.41) is 0. The first-order valence-electron chi connectivity index (χ1n) is 7.87. The van der Waals surface area contributed by atoms with Crippen LogP contribution in [0.15, 0.2) is 12.4 Å². The molecule has 1 N–H and O–H groups in total. The van der Waals surface area contributed by atoms with Crippen LogP contribution in [0, 0.1) is 0 Å². The largest absolute Gasteiger partial charge is 0.341 e. The second-order valence-electron chi connectivity index (χ2n) is 5.91. The third kappa shape index (κ3) is 3.03. The van der Waals surface area contributed by atoms with Gasteiger partial charge in [0.1, 0.15) is 0 Å². The van der Waals surface area contributed by atoms with Crippen molar-refractivity contribution in [1.29, 1.82) is 0 Å². The minimum Gasteiger partial charge on any atom is -0.341 e. The third-order valence-electron chi connectivity index (χ3n) is 4.61. The van der Waals surface area contributed by atoms with Gasteiger partial charge in [-0.05, 0) is 19.3 Å². The number of nitrogens with one attached hydrogen (secondary N) is 1. The number of aromatic amines is 1.